The number of nitrogens with zero attached hydrogens (tertiary/aromatic N) is 4. The predicted octanol–water partition coefficient (Wildman–Crippen LogP) is 1.42. The van der Waals surface area contributed by atoms with Crippen LogP contribution in [0.1, 0.15) is 19.0 Å². The minimum Gasteiger partial charge on any atom is -0.355 e. The van der Waals surface area contributed by atoms with Crippen LogP contribution in [0, 0.1) is 6.92 Å². The quantitative estimate of drug-likeness (QED) is 0.769. The SMILES string of the molecule is CCCNC(=O)Cn1nc(C)c2cnn(-c3ccccc3)c2c1=O. The van der Waals surface area contributed by atoms with Gasteiger partial charge in [-0.3, -0.25) is 9.59 Å². The Balaban J connectivity index is 2.09. The van der Waals surface area contributed by atoms with Gasteiger partial charge in [0.2, 0.25) is 5.91 Å². The molecule has 2 aromatic heterocycles. The van der Waals surface area contributed by atoms with Crippen molar-refractivity contribution in [2.24, 2.45) is 0 Å². The van der Waals surface area contributed by atoms with Gasteiger partial charge in [-0.25, -0.2) is 9.36 Å². The third-order valence-electron chi connectivity index (χ3n) is 3.73. The summed E-state index contributed by atoms with van der Waals surface area (Å²) in [6, 6.07) is 9.42. The number of carbonyl (C=O) groups excluding carboxylic acids is 1. The van der Waals surface area contributed by atoms with Gasteiger partial charge in [0, 0.05) is 11.9 Å². The number of hydrogen-bond acceptors (Lipinski definition) is 4. The average Bonchev–Trinajstić information content (AvgIpc) is 3.04. The molecule has 0 bridgehead atoms. The highest BCUT2D eigenvalue weighted by Gasteiger charge is 2.16. The number of hydrogen-bond donors (Lipinski definition) is 1. The van der Waals surface area contributed by atoms with Crippen LogP contribution < -0.4 is 10.9 Å². The normalized spacial score (nSPS) is 10.9. The van der Waals surface area contributed by atoms with E-state index in [1.165, 1.54) is 4.68 Å². The minimum absolute atomic E-state index is 0.102. The summed E-state index contributed by atoms with van der Waals surface area (Å²) in [5, 5.41) is 12.0. The highest BCUT2D eigenvalue weighted by Crippen LogP contribution is 2.16. The minimum atomic E-state index is -0.330. The second-order valence-corrected chi connectivity index (χ2v) is 5.55. The molecule has 1 aromatic carbocycles. The number of nitrogens with one attached hydrogen (secondary N) is 1. The van der Waals surface area contributed by atoms with Crippen molar-refractivity contribution >= 4 is 16.8 Å². The van der Waals surface area contributed by atoms with E-state index in [-0.39, 0.29) is 18.0 Å². The van der Waals surface area contributed by atoms with Gasteiger partial charge in [0.05, 0.1) is 17.6 Å². The van der Waals surface area contributed by atoms with Gasteiger partial charge in [-0.2, -0.15) is 10.2 Å². The summed E-state index contributed by atoms with van der Waals surface area (Å²) in [6.45, 7) is 4.25. The van der Waals surface area contributed by atoms with E-state index in [9.17, 15) is 9.59 Å². The van der Waals surface area contributed by atoms with Gasteiger partial charge in [-0.05, 0) is 25.5 Å². The summed E-state index contributed by atoms with van der Waals surface area (Å²) in [4.78, 5) is 24.7. The van der Waals surface area contributed by atoms with Crippen molar-refractivity contribution in [2.45, 2.75) is 26.8 Å². The Bertz CT molecular complexity index is 927. The van der Waals surface area contributed by atoms with Crippen LogP contribution in [0.2, 0.25) is 0 Å². The lowest BCUT2D eigenvalue weighted by Crippen LogP contribution is -2.34. The van der Waals surface area contributed by atoms with Crippen molar-refractivity contribution < 1.29 is 4.79 Å². The first-order valence-electron chi connectivity index (χ1n) is 7.89. The van der Waals surface area contributed by atoms with E-state index in [4.69, 9.17) is 0 Å². The first kappa shape index (κ1) is 15.9. The number of aromatic nitrogens is 4. The number of fused-ring (bicyclic) bond motifs is 1. The zero-order valence-electron chi connectivity index (χ0n) is 13.7. The summed E-state index contributed by atoms with van der Waals surface area (Å²) < 4.78 is 2.79. The average molecular weight is 325 g/mol. The van der Waals surface area contributed by atoms with Crippen LogP contribution >= 0.6 is 0 Å². The van der Waals surface area contributed by atoms with E-state index < -0.39 is 0 Å². The number of para-hydroxylation sites is 1. The molecule has 0 radical (unpaired) electrons. The zero-order valence-corrected chi connectivity index (χ0v) is 13.7. The van der Waals surface area contributed by atoms with Crippen molar-refractivity contribution in [1.29, 1.82) is 0 Å². The summed E-state index contributed by atoms with van der Waals surface area (Å²) in [6.07, 6.45) is 2.47. The van der Waals surface area contributed by atoms with Crippen molar-refractivity contribution in [1.82, 2.24) is 24.9 Å². The molecule has 3 aromatic rings. The van der Waals surface area contributed by atoms with Crippen molar-refractivity contribution in [3.8, 4) is 5.69 Å². The van der Waals surface area contributed by atoms with Gasteiger partial charge in [0.15, 0.2) is 0 Å². The highest BCUT2D eigenvalue weighted by molar-refractivity contribution is 5.82. The first-order valence-corrected chi connectivity index (χ1v) is 7.89. The molecule has 7 nitrogen and oxygen atoms in total. The molecule has 3 rings (SSSR count). The Labute approximate surface area is 138 Å². The molecule has 0 saturated heterocycles. The lowest BCUT2D eigenvalue weighted by Gasteiger charge is -2.08. The number of carbonyl (C=O) groups is 1. The molecular weight excluding hydrogens is 306 g/mol. The van der Waals surface area contributed by atoms with Gasteiger partial charge >= 0.3 is 0 Å². The molecule has 2 heterocycles. The van der Waals surface area contributed by atoms with Crippen LogP contribution in [0.15, 0.2) is 41.3 Å². The number of rotatable bonds is 5. The summed E-state index contributed by atoms with van der Waals surface area (Å²) in [5.41, 5.74) is 1.55. The summed E-state index contributed by atoms with van der Waals surface area (Å²) in [5.74, 6) is -0.226. The van der Waals surface area contributed by atoms with Gasteiger partial charge in [0.1, 0.15) is 12.1 Å². The molecule has 1 N–H and O–H groups in total. The van der Waals surface area contributed by atoms with Gasteiger partial charge < -0.3 is 5.32 Å². The fourth-order valence-corrected chi connectivity index (χ4v) is 2.55. The fraction of sp³-hybridized carbons (Fsp3) is 0.294. The third-order valence-corrected chi connectivity index (χ3v) is 3.73. The van der Waals surface area contributed by atoms with E-state index in [0.29, 0.717) is 23.1 Å². The molecule has 0 unspecified atom stereocenters. The largest absolute Gasteiger partial charge is 0.355 e. The molecule has 7 heteroatoms. The lowest BCUT2D eigenvalue weighted by molar-refractivity contribution is -0.121. The van der Waals surface area contributed by atoms with E-state index in [0.717, 1.165) is 12.1 Å². The van der Waals surface area contributed by atoms with Crippen molar-refractivity contribution in [3.05, 3.63) is 52.6 Å². The van der Waals surface area contributed by atoms with Crippen molar-refractivity contribution in [2.75, 3.05) is 6.54 Å². The van der Waals surface area contributed by atoms with Crippen molar-refractivity contribution in [3.63, 3.8) is 0 Å². The van der Waals surface area contributed by atoms with Crippen LogP contribution in [0.25, 0.3) is 16.6 Å². The number of aryl methyl sites for hydroxylation is 1. The first-order chi connectivity index (χ1) is 11.6. The monoisotopic (exact) mass is 325 g/mol. The predicted molar refractivity (Wildman–Crippen MR) is 91.2 cm³/mol. The van der Waals surface area contributed by atoms with Gasteiger partial charge in [-0.1, -0.05) is 25.1 Å². The number of amides is 1. The molecule has 0 aliphatic heterocycles. The molecule has 0 fully saturated rings. The van der Waals surface area contributed by atoms with Crippen LogP contribution in [-0.2, 0) is 11.3 Å². The molecule has 24 heavy (non-hydrogen) atoms. The Hall–Kier alpha value is -2.96. The lowest BCUT2D eigenvalue weighted by atomic mass is 10.2. The van der Waals surface area contributed by atoms with Crippen LogP contribution in [0.3, 0.4) is 0 Å². The maximum atomic E-state index is 12.8. The summed E-state index contributed by atoms with van der Waals surface area (Å²) in [7, 11) is 0. The maximum absolute atomic E-state index is 12.8. The molecule has 1 amide bonds. The fourth-order valence-electron chi connectivity index (χ4n) is 2.55. The van der Waals surface area contributed by atoms with Crippen LogP contribution in [0.5, 0.6) is 0 Å². The second-order valence-electron chi connectivity index (χ2n) is 5.55. The van der Waals surface area contributed by atoms with E-state index in [2.05, 4.69) is 15.5 Å². The van der Waals surface area contributed by atoms with E-state index in [1.807, 2.05) is 37.3 Å². The van der Waals surface area contributed by atoms with E-state index in [1.54, 1.807) is 17.8 Å². The Morgan fingerprint density at radius 1 is 1.25 bits per heavy atom. The molecule has 0 aliphatic rings. The highest BCUT2D eigenvalue weighted by atomic mass is 16.2. The Morgan fingerprint density at radius 2 is 2.00 bits per heavy atom. The third kappa shape index (κ3) is 2.92. The zero-order chi connectivity index (χ0) is 17.1. The molecule has 0 aliphatic carbocycles. The van der Waals surface area contributed by atoms with Crippen LogP contribution in [0.4, 0.5) is 0 Å². The van der Waals surface area contributed by atoms with Crippen LogP contribution in [-0.4, -0.2) is 32.0 Å². The molecular formula is C17H19N5O2. The molecule has 0 saturated carbocycles. The Kier molecular flexibility index (Phi) is 4.41. The smallest absolute Gasteiger partial charge is 0.293 e. The van der Waals surface area contributed by atoms with E-state index >= 15 is 0 Å². The van der Waals surface area contributed by atoms with Gasteiger partial charge in [0.25, 0.3) is 5.56 Å². The second kappa shape index (κ2) is 6.66. The Morgan fingerprint density at radius 3 is 2.71 bits per heavy atom. The number of benzene rings is 1. The van der Waals surface area contributed by atoms with Gasteiger partial charge in [-0.15, -0.1) is 0 Å². The standard InChI is InChI=1S/C17H19N5O2/c1-3-9-18-15(23)11-21-17(24)16-14(12(2)20-21)10-19-22(16)13-7-5-4-6-8-13/h4-8,10H,3,9,11H2,1-2H3,(H,18,23). The maximum Gasteiger partial charge on any atom is 0.293 e. The molecule has 0 atom stereocenters. The molecule has 124 valence electrons. The molecule has 0 spiro atoms. The summed E-state index contributed by atoms with van der Waals surface area (Å²) >= 11 is 0. The topological polar surface area (TPSA) is 81.8 Å².